The summed E-state index contributed by atoms with van der Waals surface area (Å²) in [6, 6.07) is 8.32. The number of hydrogen-bond acceptors (Lipinski definition) is 2. The lowest BCUT2D eigenvalue weighted by molar-refractivity contribution is 0.414. The van der Waals surface area contributed by atoms with E-state index in [4.69, 9.17) is 4.74 Å². The maximum absolute atomic E-state index is 5.20. The molecule has 0 heterocycles. The van der Waals surface area contributed by atoms with Gasteiger partial charge in [0.1, 0.15) is 5.75 Å². The van der Waals surface area contributed by atoms with Gasteiger partial charge in [-0.3, -0.25) is 4.99 Å². The third-order valence-electron chi connectivity index (χ3n) is 4.02. The van der Waals surface area contributed by atoms with Crippen LogP contribution in [0, 0.1) is 0 Å². The predicted molar refractivity (Wildman–Crippen MR) is 99.4 cm³/mol. The van der Waals surface area contributed by atoms with Crippen molar-refractivity contribution in [2.75, 3.05) is 34.3 Å². The van der Waals surface area contributed by atoms with Crippen LogP contribution in [0.2, 0.25) is 0 Å². The summed E-state index contributed by atoms with van der Waals surface area (Å²) in [4.78, 5) is 6.52. The number of guanidine groups is 1. The summed E-state index contributed by atoms with van der Waals surface area (Å²) in [5, 5.41) is 3.44. The van der Waals surface area contributed by atoms with E-state index >= 15 is 0 Å². The van der Waals surface area contributed by atoms with Crippen LogP contribution in [0.25, 0.3) is 0 Å². The molecule has 0 saturated heterocycles. The molecule has 0 aliphatic rings. The minimum Gasteiger partial charge on any atom is -0.497 e. The molecule has 1 aromatic carbocycles. The fourth-order valence-electron chi connectivity index (χ4n) is 2.46. The molecule has 4 heteroatoms. The maximum atomic E-state index is 5.20. The Morgan fingerprint density at radius 3 is 2.65 bits per heavy atom. The zero-order valence-electron chi connectivity index (χ0n) is 15.0. The summed E-state index contributed by atoms with van der Waals surface area (Å²) in [7, 11) is 5.60. The summed E-state index contributed by atoms with van der Waals surface area (Å²) in [5.74, 6) is 2.36. The molecule has 4 nitrogen and oxygen atoms in total. The zero-order valence-corrected chi connectivity index (χ0v) is 15.0. The van der Waals surface area contributed by atoms with E-state index in [1.54, 1.807) is 7.11 Å². The van der Waals surface area contributed by atoms with E-state index in [9.17, 15) is 0 Å². The van der Waals surface area contributed by atoms with Crippen LogP contribution in [-0.4, -0.2) is 45.2 Å². The van der Waals surface area contributed by atoms with Crippen molar-refractivity contribution in [3.63, 3.8) is 0 Å². The van der Waals surface area contributed by atoms with E-state index in [2.05, 4.69) is 47.9 Å². The lowest BCUT2D eigenvalue weighted by Gasteiger charge is -2.22. The predicted octanol–water partition coefficient (Wildman–Crippen LogP) is 3.66. The Kier molecular flexibility index (Phi) is 8.88. The molecule has 0 aliphatic heterocycles. The van der Waals surface area contributed by atoms with Crippen LogP contribution in [0.5, 0.6) is 5.75 Å². The van der Waals surface area contributed by atoms with E-state index in [0.29, 0.717) is 5.92 Å². The van der Waals surface area contributed by atoms with Crippen molar-refractivity contribution in [2.45, 2.75) is 32.1 Å². The van der Waals surface area contributed by atoms with Gasteiger partial charge in [-0.25, -0.2) is 0 Å². The first-order chi connectivity index (χ1) is 11.1. The van der Waals surface area contributed by atoms with E-state index in [1.807, 2.05) is 25.3 Å². The fraction of sp³-hybridized carbons (Fsp3) is 0.526. The van der Waals surface area contributed by atoms with Gasteiger partial charge in [0.15, 0.2) is 5.96 Å². The molecule has 0 aromatic heterocycles. The molecule has 1 atom stereocenters. The normalized spacial score (nSPS) is 12.6. The van der Waals surface area contributed by atoms with Gasteiger partial charge in [0.25, 0.3) is 0 Å². The molecule has 1 N–H and O–H groups in total. The van der Waals surface area contributed by atoms with Crippen molar-refractivity contribution < 1.29 is 4.74 Å². The number of nitrogens with zero attached hydrogens (tertiary/aromatic N) is 2. The van der Waals surface area contributed by atoms with Crippen LogP contribution in [0.1, 0.15) is 37.7 Å². The van der Waals surface area contributed by atoms with E-state index in [-0.39, 0.29) is 0 Å². The highest BCUT2D eigenvalue weighted by Gasteiger charge is 2.08. The van der Waals surface area contributed by atoms with Crippen LogP contribution >= 0.6 is 0 Å². The monoisotopic (exact) mass is 317 g/mol. The number of ether oxygens (including phenoxy) is 1. The van der Waals surface area contributed by atoms with Crippen molar-refractivity contribution in [3.8, 4) is 5.75 Å². The Bertz CT molecular complexity index is 482. The van der Waals surface area contributed by atoms with Gasteiger partial charge in [0.2, 0.25) is 0 Å². The molecule has 128 valence electrons. The molecule has 23 heavy (non-hydrogen) atoms. The second kappa shape index (κ2) is 10.7. The Morgan fingerprint density at radius 2 is 2.09 bits per heavy atom. The topological polar surface area (TPSA) is 36.9 Å². The number of aliphatic imine (C=N–C) groups is 1. The van der Waals surface area contributed by atoms with Crippen LogP contribution in [0.15, 0.2) is 41.9 Å². The van der Waals surface area contributed by atoms with E-state index < -0.39 is 0 Å². The van der Waals surface area contributed by atoms with Crippen LogP contribution in [-0.2, 0) is 0 Å². The third kappa shape index (κ3) is 6.76. The average molecular weight is 317 g/mol. The zero-order chi connectivity index (χ0) is 17.1. The standard InChI is InChI=1S/C19H31N3O/c1-6-7-8-15-22(4)19(20-3)21-14-13-16(2)17-9-11-18(23-5)12-10-17/h6,9-12,16H,1,7-8,13-15H2,2-5H3,(H,20,21). The molecule has 1 unspecified atom stereocenters. The molecule has 0 spiro atoms. The van der Waals surface area contributed by atoms with Gasteiger partial charge < -0.3 is 15.0 Å². The van der Waals surface area contributed by atoms with Gasteiger partial charge in [0, 0.05) is 27.2 Å². The van der Waals surface area contributed by atoms with Gasteiger partial charge in [-0.15, -0.1) is 6.58 Å². The van der Waals surface area contributed by atoms with Gasteiger partial charge in [-0.05, 0) is 42.9 Å². The highest BCUT2D eigenvalue weighted by molar-refractivity contribution is 5.79. The lowest BCUT2D eigenvalue weighted by atomic mass is 9.98. The molecule has 0 aliphatic carbocycles. The average Bonchev–Trinajstić information content (AvgIpc) is 2.58. The number of hydrogen-bond donors (Lipinski definition) is 1. The first-order valence-electron chi connectivity index (χ1n) is 8.29. The van der Waals surface area contributed by atoms with Crippen molar-refractivity contribution in [1.29, 1.82) is 0 Å². The number of nitrogens with one attached hydrogen (secondary N) is 1. The van der Waals surface area contributed by atoms with Gasteiger partial charge >= 0.3 is 0 Å². The summed E-state index contributed by atoms with van der Waals surface area (Å²) in [6.45, 7) is 7.90. The molecule has 0 fully saturated rings. The third-order valence-corrected chi connectivity index (χ3v) is 4.02. The van der Waals surface area contributed by atoms with Crippen LogP contribution < -0.4 is 10.1 Å². The minimum atomic E-state index is 0.498. The van der Waals surface area contributed by atoms with Crippen molar-refractivity contribution in [1.82, 2.24) is 10.2 Å². The SMILES string of the molecule is C=CCCCN(C)C(=NC)NCCC(C)c1ccc(OC)cc1. The molecule has 0 radical (unpaired) electrons. The van der Waals surface area contributed by atoms with Crippen molar-refractivity contribution in [3.05, 3.63) is 42.5 Å². The Balaban J connectivity index is 2.39. The lowest BCUT2D eigenvalue weighted by Crippen LogP contribution is -2.40. The molecule has 0 bridgehead atoms. The number of allylic oxidation sites excluding steroid dienone is 1. The maximum Gasteiger partial charge on any atom is 0.193 e. The molecule has 1 aromatic rings. The van der Waals surface area contributed by atoms with Crippen molar-refractivity contribution in [2.24, 2.45) is 4.99 Å². The van der Waals surface area contributed by atoms with Crippen LogP contribution in [0.4, 0.5) is 0 Å². The highest BCUT2D eigenvalue weighted by Crippen LogP contribution is 2.21. The number of rotatable bonds is 9. The highest BCUT2D eigenvalue weighted by atomic mass is 16.5. The van der Waals surface area contributed by atoms with Gasteiger partial charge in [0.05, 0.1) is 7.11 Å². The molecule has 0 saturated carbocycles. The summed E-state index contributed by atoms with van der Waals surface area (Å²) >= 11 is 0. The summed E-state index contributed by atoms with van der Waals surface area (Å²) in [5.41, 5.74) is 1.34. The van der Waals surface area contributed by atoms with Crippen molar-refractivity contribution >= 4 is 5.96 Å². The fourth-order valence-corrected chi connectivity index (χ4v) is 2.46. The van der Waals surface area contributed by atoms with E-state index in [1.165, 1.54) is 5.56 Å². The second-order valence-electron chi connectivity index (χ2n) is 5.79. The first-order valence-corrected chi connectivity index (χ1v) is 8.29. The quantitative estimate of drug-likeness (QED) is 0.327. The number of methoxy groups -OCH3 is 1. The van der Waals surface area contributed by atoms with Gasteiger partial charge in [-0.2, -0.15) is 0 Å². The van der Waals surface area contributed by atoms with Gasteiger partial charge in [-0.1, -0.05) is 25.1 Å². The minimum absolute atomic E-state index is 0.498. The Morgan fingerprint density at radius 1 is 1.39 bits per heavy atom. The Labute approximate surface area is 141 Å². The smallest absolute Gasteiger partial charge is 0.193 e. The van der Waals surface area contributed by atoms with Crippen LogP contribution in [0.3, 0.4) is 0 Å². The first kappa shape index (κ1) is 19.1. The molecular formula is C19H31N3O. The summed E-state index contributed by atoms with van der Waals surface area (Å²) < 4.78 is 5.20. The molecule has 1 rings (SSSR count). The number of unbranched alkanes of at least 4 members (excludes halogenated alkanes) is 1. The largest absolute Gasteiger partial charge is 0.497 e. The molecular weight excluding hydrogens is 286 g/mol. The Hall–Kier alpha value is -1.97. The number of benzene rings is 1. The molecule has 0 amide bonds. The second-order valence-corrected chi connectivity index (χ2v) is 5.79. The van der Waals surface area contributed by atoms with E-state index in [0.717, 1.165) is 44.1 Å². The summed E-state index contributed by atoms with van der Waals surface area (Å²) in [6.07, 6.45) is 5.16.